The third-order valence-electron chi connectivity index (χ3n) is 9.56. The molecule has 0 atom stereocenters. The molecule has 1 heteroatoms. The monoisotopic (exact) mass is 683 g/mol. The Balaban J connectivity index is 1.23. The molecular formula is C51H36O. The summed E-state index contributed by atoms with van der Waals surface area (Å²) in [5.41, 5.74) is 2.65. The second-order valence-electron chi connectivity index (χ2n) is 12.5. The molecule has 0 saturated carbocycles. The molecule has 1 aromatic heterocycles. The summed E-state index contributed by atoms with van der Waals surface area (Å²) >= 11 is 0. The molecule has 0 unspecified atom stereocenters. The average Bonchev–Trinajstić information content (AvgIpc) is 3.75. The molecule has 9 aromatic carbocycles. The summed E-state index contributed by atoms with van der Waals surface area (Å²) in [6.45, 7) is 0. The molecule has 0 amide bonds. The lowest BCUT2D eigenvalue weighted by molar-refractivity contribution is 0.670. The van der Waals surface area contributed by atoms with E-state index in [2.05, 4.69) is 0 Å². The number of hydrogen-bond donors (Lipinski definition) is 0. The number of benzene rings is 9. The van der Waals surface area contributed by atoms with Crippen molar-refractivity contribution in [2.45, 2.75) is 19.3 Å². The highest BCUT2D eigenvalue weighted by Crippen LogP contribution is 2.40. The predicted octanol–water partition coefficient (Wildman–Crippen LogP) is 13.8. The first-order valence-corrected chi connectivity index (χ1v) is 16.7. The molecule has 10 aromatic rings. The number of aryl methyl sites for hydroxylation is 2. The lowest BCUT2D eigenvalue weighted by atomic mass is 9.86. The molecule has 0 spiro atoms. The third-order valence-corrected chi connectivity index (χ3v) is 9.56. The first-order valence-electron chi connectivity index (χ1n) is 26.2. The summed E-state index contributed by atoms with van der Waals surface area (Å²) in [5.74, 6) is 0. The van der Waals surface area contributed by atoms with Crippen LogP contribution in [0.4, 0.5) is 0 Å². The second kappa shape index (κ2) is 12.7. The molecule has 52 heavy (non-hydrogen) atoms. The Labute approximate surface area is 330 Å². The van der Waals surface area contributed by atoms with E-state index in [1.165, 1.54) is 0 Å². The molecule has 1 nitrogen and oxygen atoms in total. The van der Waals surface area contributed by atoms with Crippen LogP contribution in [-0.2, 0) is 19.3 Å². The van der Waals surface area contributed by atoms with E-state index in [4.69, 9.17) is 19.5 Å². The van der Waals surface area contributed by atoms with Crippen LogP contribution in [0.15, 0.2) is 186 Å². The molecule has 0 fully saturated rings. The zero-order chi connectivity index (χ0) is 51.0. The minimum absolute atomic E-state index is 0.0301. The molecule has 10 rings (SSSR count). The topological polar surface area (TPSA) is 13.1 Å². The maximum atomic E-state index is 9.56. The van der Waals surface area contributed by atoms with Crippen molar-refractivity contribution >= 4 is 54.3 Å². The van der Waals surface area contributed by atoms with Crippen LogP contribution in [-0.4, -0.2) is 0 Å². The van der Waals surface area contributed by atoms with Crippen LogP contribution >= 0.6 is 0 Å². The van der Waals surface area contributed by atoms with Crippen LogP contribution in [0.2, 0.25) is 0 Å². The quantitative estimate of drug-likeness (QED) is 0.152. The lowest BCUT2D eigenvalue weighted by Crippen LogP contribution is -2.00. The summed E-state index contributed by atoms with van der Waals surface area (Å²) < 4.78 is 176. The van der Waals surface area contributed by atoms with Crippen molar-refractivity contribution in [2.75, 3.05) is 0 Å². The van der Waals surface area contributed by atoms with Crippen molar-refractivity contribution in [1.29, 1.82) is 0 Å². The van der Waals surface area contributed by atoms with Crippen LogP contribution in [0.1, 0.15) is 48.3 Å². The van der Waals surface area contributed by atoms with Gasteiger partial charge in [-0.25, -0.2) is 0 Å². The number of rotatable bonds is 7. The van der Waals surface area contributed by atoms with Gasteiger partial charge in [0.15, 0.2) is 0 Å². The molecular weight excluding hydrogens is 629 g/mol. The smallest absolute Gasteiger partial charge is 0.143 e. The number of furan rings is 1. The second-order valence-corrected chi connectivity index (χ2v) is 12.5. The van der Waals surface area contributed by atoms with Gasteiger partial charge in [0.2, 0.25) is 0 Å². The Kier molecular flexibility index (Phi) is 4.09. The van der Waals surface area contributed by atoms with E-state index in [1.54, 1.807) is 18.2 Å². The Morgan fingerprint density at radius 2 is 1.08 bits per heavy atom. The normalized spacial score (nSPS) is 16.8. The van der Waals surface area contributed by atoms with Gasteiger partial charge in [-0.1, -0.05) is 169 Å². The van der Waals surface area contributed by atoms with Gasteiger partial charge in [-0.05, 0) is 103 Å². The molecule has 0 aliphatic carbocycles. The van der Waals surface area contributed by atoms with Crippen LogP contribution in [0, 0.1) is 0 Å². The Hall–Kier alpha value is -6.44. The van der Waals surface area contributed by atoms with E-state index in [9.17, 15) is 11.0 Å². The molecule has 0 saturated heterocycles. The summed E-state index contributed by atoms with van der Waals surface area (Å²) in [6.07, 6.45) is -1.31. The zero-order valence-electron chi connectivity index (χ0n) is 46.4. The van der Waals surface area contributed by atoms with Crippen LogP contribution in [0.5, 0.6) is 0 Å². The SMILES string of the molecule is [2H]c1c([2H])c([2H])c(Cc2c3c([2H])c([2H])c([2H])c([2H])c3c(CCc3c([2H])c([2H])c(-c4ccc5c(c4)oc4c(-c6ccccc6)cccc45)c4c([2H])c([2H])c([2H])c([2H])c34)c3c([2H])c([2H])c([2H])c([2H])c23)c([2H])c1[2H]. The fourth-order valence-corrected chi connectivity index (χ4v) is 7.19. The number of para-hydroxylation sites is 1. The minimum Gasteiger partial charge on any atom is -0.455 e. The highest BCUT2D eigenvalue weighted by atomic mass is 16.3. The Morgan fingerprint density at radius 3 is 1.81 bits per heavy atom. The van der Waals surface area contributed by atoms with Gasteiger partial charge in [-0.3, -0.25) is 0 Å². The maximum Gasteiger partial charge on any atom is 0.143 e. The number of fused-ring (bicyclic) bond motifs is 6. The van der Waals surface area contributed by atoms with Gasteiger partial charge in [0.25, 0.3) is 0 Å². The third kappa shape index (κ3) is 5.17. The first kappa shape index (κ1) is 16.7. The number of hydrogen-bond acceptors (Lipinski definition) is 1. The van der Waals surface area contributed by atoms with E-state index in [1.807, 2.05) is 48.5 Å². The standard InChI is InChI=1S/C51H36O/c1-3-14-34(15-4-1)32-49-44-22-11-9-20-42(44)46(43-21-10-12-23-45(43)49)30-27-36-26-29-39(41-19-8-7-18-38(36)41)37-28-31-47-48-25-13-24-40(35-16-5-2-6-17-35)51(48)52-50(47)33-37/h1-26,28-29,31,33H,27,30,32H2/i1D,3D,4D,7D,8D,9D,10D,11D,12D,14D,15D,18D,19D,20D,21D,22D,23D,26D,29D. The highest BCUT2D eigenvalue weighted by molar-refractivity contribution is 6.11. The lowest BCUT2D eigenvalue weighted by Gasteiger charge is -2.18. The summed E-state index contributed by atoms with van der Waals surface area (Å²) in [7, 11) is 0. The Morgan fingerprint density at radius 1 is 0.423 bits per heavy atom. The van der Waals surface area contributed by atoms with E-state index >= 15 is 0 Å². The predicted molar refractivity (Wildman–Crippen MR) is 220 cm³/mol. The van der Waals surface area contributed by atoms with Crippen molar-refractivity contribution in [1.82, 2.24) is 0 Å². The summed E-state index contributed by atoms with van der Waals surface area (Å²) in [4.78, 5) is 0. The molecule has 0 aliphatic heterocycles. The van der Waals surface area contributed by atoms with Gasteiger partial charge >= 0.3 is 0 Å². The van der Waals surface area contributed by atoms with Crippen molar-refractivity contribution in [3.63, 3.8) is 0 Å². The highest BCUT2D eigenvalue weighted by Gasteiger charge is 2.17. The van der Waals surface area contributed by atoms with Gasteiger partial charge < -0.3 is 4.42 Å². The first-order chi connectivity index (χ1) is 33.7. The molecule has 1 heterocycles. The van der Waals surface area contributed by atoms with Gasteiger partial charge in [-0.15, -0.1) is 0 Å². The minimum atomic E-state index is -0.710. The van der Waals surface area contributed by atoms with Crippen molar-refractivity contribution in [3.05, 3.63) is 204 Å². The Bertz CT molecular complexity index is 3900. The van der Waals surface area contributed by atoms with E-state index < -0.39 is 121 Å². The summed E-state index contributed by atoms with van der Waals surface area (Å²) in [6, 6.07) is 8.96. The van der Waals surface area contributed by atoms with Gasteiger partial charge in [0.1, 0.15) is 11.2 Å². The van der Waals surface area contributed by atoms with Crippen LogP contribution in [0.3, 0.4) is 0 Å². The molecule has 0 aliphatic rings. The van der Waals surface area contributed by atoms with E-state index in [-0.39, 0.29) is 73.0 Å². The molecule has 0 radical (unpaired) electrons. The molecule has 0 N–H and O–H groups in total. The average molecular weight is 684 g/mol. The van der Waals surface area contributed by atoms with Crippen molar-refractivity contribution < 1.29 is 30.5 Å². The van der Waals surface area contributed by atoms with Gasteiger partial charge in [0.05, 0.1) is 26.0 Å². The summed E-state index contributed by atoms with van der Waals surface area (Å²) in [5, 5.41) is 0.522. The van der Waals surface area contributed by atoms with Crippen molar-refractivity contribution in [2.24, 2.45) is 0 Å². The van der Waals surface area contributed by atoms with Crippen LogP contribution in [0.25, 0.3) is 76.5 Å². The molecule has 246 valence electrons. The van der Waals surface area contributed by atoms with Crippen LogP contribution < -0.4 is 0 Å². The van der Waals surface area contributed by atoms with Gasteiger partial charge in [0, 0.05) is 16.3 Å². The zero-order valence-corrected chi connectivity index (χ0v) is 27.4. The molecule has 0 bridgehead atoms. The fraction of sp³-hybridized carbons (Fsp3) is 0.0588. The fourth-order valence-electron chi connectivity index (χ4n) is 7.19. The largest absolute Gasteiger partial charge is 0.455 e. The maximum absolute atomic E-state index is 9.56. The van der Waals surface area contributed by atoms with Gasteiger partial charge in [-0.2, -0.15) is 0 Å². The van der Waals surface area contributed by atoms with Crippen molar-refractivity contribution in [3.8, 4) is 22.3 Å². The van der Waals surface area contributed by atoms with E-state index in [0.29, 0.717) is 16.7 Å². The van der Waals surface area contributed by atoms with E-state index in [0.717, 1.165) is 21.9 Å².